The average Bonchev–Trinajstić information content (AvgIpc) is 2.30. The summed E-state index contributed by atoms with van der Waals surface area (Å²) in [4.78, 5) is 3.27. The Hall–Kier alpha value is -1.09. The van der Waals surface area contributed by atoms with E-state index in [0.29, 0.717) is 0 Å². The van der Waals surface area contributed by atoms with Gasteiger partial charge in [0.25, 0.3) is 0 Å². The Balaban J connectivity index is 2.03. The summed E-state index contributed by atoms with van der Waals surface area (Å²) >= 11 is 5.01. The van der Waals surface area contributed by atoms with E-state index in [1.807, 2.05) is 6.92 Å². The van der Waals surface area contributed by atoms with Gasteiger partial charge in [-0.3, -0.25) is 0 Å². The molecule has 0 amide bonds. The van der Waals surface area contributed by atoms with Crippen molar-refractivity contribution in [2.45, 2.75) is 26.2 Å². The number of hydrogen-bond acceptors (Lipinski definition) is 2. The Morgan fingerprint density at radius 2 is 1.75 bits per heavy atom. The van der Waals surface area contributed by atoms with Crippen LogP contribution in [0.2, 0.25) is 0 Å². The first kappa shape index (κ1) is 11.4. The molecule has 1 aliphatic heterocycles. The normalized spacial score (nSPS) is 15.9. The predicted octanol–water partition coefficient (Wildman–Crippen LogP) is 3.44. The van der Waals surface area contributed by atoms with Crippen molar-refractivity contribution >= 4 is 28.6 Å². The second-order valence-corrected chi connectivity index (χ2v) is 4.89. The maximum absolute atomic E-state index is 5.01. The molecule has 1 saturated heterocycles. The molecule has 86 valence electrons. The van der Waals surface area contributed by atoms with Crippen LogP contribution in [0.25, 0.3) is 0 Å². The number of rotatable bonds is 2. The molecule has 1 aromatic rings. The van der Waals surface area contributed by atoms with E-state index in [0.717, 1.165) is 10.7 Å². The summed E-state index contributed by atoms with van der Waals surface area (Å²) < 4.78 is 0. The van der Waals surface area contributed by atoms with Crippen molar-refractivity contribution < 1.29 is 0 Å². The third-order valence-corrected chi connectivity index (χ3v) is 3.01. The molecular weight excluding hydrogens is 216 g/mol. The molecule has 1 heterocycles. The third kappa shape index (κ3) is 2.95. The first-order chi connectivity index (χ1) is 7.75. The van der Waals surface area contributed by atoms with Crippen LogP contribution in [0.1, 0.15) is 26.2 Å². The topological polar surface area (TPSA) is 15.3 Å². The second kappa shape index (κ2) is 5.30. The SMILES string of the molecule is CC(=S)Nc1ccc(N2CCCCC2)cc1. The standard InChI is InChI=1S/C13H18N2S/c1-11(16)14-12-5-7-13(8-6-12)15-9-3-2-4-10-15/h5-8H,2-4,9-10H2,1H3,(H,14,16). The Labute approximate surface area is 103 Å². The highest BCUT2D eigenvalue weighted by atomic mass is 32.1. The fraction of sp³-hybridized carbons (Fsp3) is 0.462. The summed E-state index contributed by atoms with van der Waals surface area (Å²) in [6, 6.07) is 8.54. The number of hydrogen-bond donors (Lipinski definition) is 1. The van der Waals surface area contributed by atoms with Gasteiger partial charge in [-0.05, 0) is 50.5 Å². The predicted molar refractivity (Wildman–Crippen MR) is 74.4 cm³/mol. The molecule has 0 aliphatic carbocycles. The molecule has 1 aliphatic rings. The molecule has 1 N–H and O–H groups in total. The zero-order valence-electron chi connectivity index (χ0n) is 9.70. The van der Waals surface area contributed by atoms with Crippen molar-refractivity contribution in [2.24, 2.45) is 0 Å². The van der Waals surface area contributed by atoms with Crippen molar-refractivity contribution in [2.75, 3.05) is 23.3 Å². The van der Waals surface area contributed by atoms with Gasteiger partial charge in [0.15, 0.2) is 0 Å². The summed E-state index contributed by atoms with van der Waals surface area (Å²) in [5, 5.41) is 3.15. The molecule has 3 heteroatoms. The summed E-state index contributed by atoms with van der Waals surface area (Å²) in [6.07, 6.45) is 4.01. The van der Waals surface area contributed by atoms with E-state index in [4.69, 9.17) is 12.2 Å². The van der Waals surface area contributed by atoms with Crippen LogP contribution in [-0.4, -0.2) is 18.1 Å². The monoisotopic (exact) mass is 234 g/mol. The fourth-order valence-corrected chi connectivity index (χ4v) is 2.23. The van der Waals surface area contributed by atoms with Gasteiger partial charge in [0.05, 0.1) is 4.99 Å². The first-order valence-electron chi connectivity index (χ1n) is 5.88. The van der Waals surface area contributed by atoms with Gasteiger partial charge in [0.2, 0.25) is 0 Å². The maximum atomic E-state index is 5.01. The van der Waals surface area contributed by atoms with Gasteiger partial charge < -0.3 is 10.2 Å². The van der Waals surface area contributed by atoms with Crippen LogP contribution in [-0.2, 0) is 0 Å². The van der Waals surface area contributed by atoms with E-state index in [9.17, 15) is 0 Å². The van der Waals surface area contributed by atoms with E-state index < -0.39 is 0 Å². The van der Waals surface area contributed by atoms with Gasteiger partial charge >= 0.3 is 0 Å². The zero-order valence-corrected chi connectivity index (χ0v) is 10.5. The quantitative estimate of drug-likeness (QED) is 0.789. The highest BCUT2D eigenvalue weighted by Crippen LogP contribution is 2.21. The minimum Gasteiger partial charge on any atom is -0.372 e. The van der Waals surface area contributed by atoms with Crippen LogP contribution in [0.3, 0.4) is 0 Å². The van der Waals surface area contributed by atoms with Crippen molar-refractivity contribution in [1.29, 1.82) is 0 Å². The van der Waals surface area contributed by atoms with E-state index >= 15 is 0 Å². The van der Waals surface area contributed by atoms with E-state index in [1.54, 1.807) is 0 Å². The van der Waals surface area contributed by atoms with Crippen LogP contribution in [0.4, 0.5) is 11.4 Å². The number of benzene rings is 1. The van der Waals surface area contributed by atoms with Gasteiger partial charge in [-0.25, -0.2) is 0 Å². The smallest absolute Gasteiger partial charge is 0.0765 e. The fourth-order valence-electron chi connectivity index (χ4n) is 2.11. The highest BCUT2D eigenvalue weighted by molar-refractivity contribution is 7.80. The molecule has 0 atom stereocenters. The Morgan fingerprint density at radius 3 is 2.31 bits per heavy atom. The molecule has 0 bridgehead atoms. The average molecular weight is 234 g/mol. The maximum Gasteiger partial charge on any atom is 0.0765 e. The van der Waals surface area contributed by atoms with Crippen molar-refractivity contribution in [3.8, 4) is 0 Å². The zero-order chi connectivity index (χ0) is 11.4. The lowest BCUT2D eigenvalue weighted by molar-refractivity contribution is 0.578. The lowest BCUT2D eigenvalue weighted by Crippen LogP contribution is -2.29. The summed E-state index contributed by atoms with van der Waals surface area (Å²) in [5.74, 6) is 0. The Bertz CT molecular complexity index is 353. The third-order valence-electron chi connectivity index (χ3n) is 2.91. The molecule has 16 heavy (non-hydrogen) atoms. The molecule has 0 spiro atoms. The van der Waals surface area contributed by atoms with Gasteiger partial charge in [-0.2, -0.15) is 0 Å². The van der Waals surface area contributed by atoms with Crippen molar-refractivity contribution in [1.82, 2.24) is 0 Å². The minimum absolute atomic E-state index is 0.811. The second-order valence-electron chi connectivity index (χ2n) is 4.28. The van der Waals surface area contributed by atoms with E-state index in [-0.39, 0.29) is 0 Å². The minimum atomic E-state index is 0.811. The molecule has 0 saturated carbocycles. The van der Waals surface area contributed by atoms with E-state index in [1.165, 1.54) is 38.0 Å². The summed E-state index contributed by atoms with van der Waals surface area (Å²) in [5.41, 5.74) is 2.40. The van der Waals surface area contributed by atoms with Crippen LogP contribution in [0.5, 0.6) is 0 Å². The number of nitrogens with one attached hydrogen (secondary N) is 1. The van der Waals surface area contributed by atoms with Gasteiger partial charge in [0, 0.05) is 24.5 Å². The highest BCUT2D eigenvalue weighted by Gasteiger charge is 2.10. The molecule has 0 radical (unpaired) electrons. The van der Waals surface area contributed by atoms with Crippen molar-refractivity contribution in [3.05, 3.63) is 24.3 Å². The van der Waals surface area contributed by atoms with E-state index in [2.05, 4.69) is 34.5 Å². The summed E-state index contributed by atoms with van der Waals surface area (Å²) in [6.45, 7) is 4.28. The molecule has 0 aromatic heterocycles. The summed E-state index contributed by atoms with van der Waals surface area (Å²) in [7, 11) is 0. The Kier molecular flexibility index (Phi) is 3.78. The number of anilines is 2. The number of thiocarbonyl (C=S) groups is 1. The Morgan fingerprint density at radius 1 is 1.12 bits per heavy atom. The van der Waals surface area contributed by atoms with Crippen LogP contribution >= 0.6 is 12.2 Å². The van der Waals surface area contributed by atoms with Gasteiger partial charge in [0.1, 0.15) is 0 Å². The first-order valence-corrected chi connectivity index (χ1v) is 6.29. The molecule has 1 fully saturated rings. The molecule has 2 nitrogen and oxygen atoms in total. The molecule has 1 aromatic carbocycles. The van der Waals surface area contributed by atoms with Crippen LogP contribution in [0.15, 0.2) is 24.3 Å². The largest absolute Gasteiger partial charge is 0.372 e. The number of nitrogens with zero attached hydrogens (tertiary/aromatic N) is 1. The van der Waals surface area contributed by atoms with Gasteiger partial charge in [-0.15, -0.1) is 0 Å². The van der Waals surface area contributed by atoms with Crippen LogP contribution < -0.4 is 10.2 Å². The van der Waals surface area contributed by atoms with Crippen LogP contribution in [0, 0.1) is 0 Å². The van der Waals surface area contributed by atoms with Crippen molar-refractivity contribution in [3.63, 3.8) is 0 Å². The number of piperidine rings is 1. The molecule has 0 unspecified atom stereocenters. The lowest BCUT2D eigenvalue weighted by Gasteiger charge is -2.28. The molecular formula is C13H18N2S. The van der Waals surface area contributed by atoms with Gasteiger partial charge in [-0.1, -0.05) is 12.2 Å². The lowest BCUT2D eigenvalue weighted by atomic mass is 10.1. The molecule has 2 rings (SSSR count).